The van der Waals surface area contributed by atoms with E-state index in [1.165, 1.54) is 0 Å². The molecule has 1 aromatic carbocycles. The topological polar surface area (TPSA) is 222 Å². The van der Waals surface area contributed by atoms with Crippen LogP contribution in [0.25, 0.3) is 5.76 Å². The van der Waals surface area contributed by atoms with Crippen molar-refractivity contribution in [2.45, 2.75) is 63.1 Å². The van der Waals surface area contributed by atoms with Gasteiger partial charge in [0, 0.05) is 40.7 Å². The molecular formula is C26H30N2O10. The number of amides is 1. The summed E-state index contributed by atoms with van der Waals surface area (Å²) < 4.78 is 0. The highest BCUT2D eigenvalue weighted by Gasteiger charge is 2.65. The maximum absolute atomic E-state index is 13.7. The Morgan fingerprint density at radius 1 is 1.24 bits per heavy atom. The number of aliphatic hydroxyl groups excluding tert-OH is 3. The molecule has 0 aliphatic heterocycles. The lowest BCUT2D eigenvalue weighted by molar-refractivity contribution is -0.480. The second-order valence-electron chi connectivity index (χ2n) is 11.0. The van der Waals surface area contributed by atoms with Crippen LogP contribution in [-0.2, 0) is 19.8 Å². The number of primary amides is 1. The molecule has 3 aliphatic rings. The summed E-state index contributed by atoms with van der Waals surface area (Å²) in [7, 11) is 0. The Labute approximate surface area is 217 Å². The molecule has 7 N–H and O–H groups in total. The molecule has 12 nitrogen and oxygen atoms in total. The number of nitrogens with two attached hydrogens (primary N) is 1. The first-order valence-corrected chi connectivity index (χ1v) is 12.2. The van der Waals surface area contributed by atoms with Gasteiger partial charge in [-0.2, -0.15) is 0 Å². The summed E-state index contributed by atoms with van der Waals surface area (Å²) in [6.45, 7) is 4.92. The van der Waals surface area contributed by atoms with E-state index in [2.05, 4.69) is 0 Å². The van der Waals surface area contributed by atoms with E-state index in [9.17, 15) is 50.0 Å². The summed E-state index contributed by atoms with van der Waals surface area (Å²) >= 11 is 0. The molecule has 0 spiro atoms. The molecule has 38 heavy (non-hydrogen) atoms. The lowest BCUT2D eigenvalue weighted by atomic mass is 9.55. The van der Waals surface area contributed by atoms with Crippen LogP contribution in [-0.4, -0.2) is 66.2 Å². The Kier molecular flexibility index (Phi) is 6.40. The summed E-state index contributed by atoms with van der Waals surface area (Å²) in [4.78, 5) is 48.3. The average molecular weight is 531 g/mol. The first kappa shape index (κ1) is 27.3. The zero-order valence-electron chi connectivity index (χ0n) is 21.1. The lowest BCUT2D eigenvalue weighted by Gasteiger charge is -2.50. The number of nitro groups is 1. The summed E-state index contributed by atoms with van der Waals surface area (Å²) in [5, 5.41) is 66.7. The minimum Gasteiger partial charge on any atom is -0.508 e. The zero-order chi connectivity index (χ0) is 28.5. The van der Waals surface area contributed by atoms with Crippen molar-refractivity contribution in [3.63, 3.8) is 0 Å². The quantitative estimate of drug-likeness (QED) is 0.176. The summed E-state index contributed by atoms with van der Waals surface area (Å²) in [5.74, 6) is -9.16. The molecule has 4 rings (SSSR count). The summed E-state index contributed by atoms with van der Waals surface area (Å²) in [6.07, 6.45) is -1.68. The van der Waals surface area contributed by atoms with Crippen molar-refractivity contribution in [1.82, 2.24) is 0 Å². The second kappa shape index (κ2) is 8.91. The highest BCUT2D eigenvalue weighted by atomic mass is 16.6. The van der Waals surface area contributed by atoms with Gasteiger partial charge in [-0.15, -0.1) is 0 Å². The van der Waals surface area contributed by atoms with Crippen molar-refractivity contribution < 1.29 is 44.8 Å². The molecule has 1 amide bonds. The Balaban J connectivity index is 1.90. The largest absolute Gasteiger partial charge is 0.508 e. The van der Waals surface area contributed by atoms with E-state index in [1.54, 1.807) is 32.9 Å². The van der Waals surface area contributed by atoms with Gasteiger partial charge in [-0.1, -0.05) is 32.9 Å². The minimum absolute atomic E-state index is 0.100. The SMILES string of the molecule is CC1c2ccc(C(C)(C)CCC[N+](=O)[O-])c(O)c2C(O)=C2C(=O)C3(O)C(O)=C(C(N)=O)C(=O)CC3C(O)C21. The highest BCUT2D eigenvalue weighted by molar-refractivity contribution is 6.23. The number of aromatic hydroxyl groups is 1. The van der Waals surface area contributed by atoms with Gasteiger partial charge in [0.1, 0.15) is 22.8 Å². The van der Waals surface area contributed by atoms with Gasteiger partial charge in [0.2, 0.25) is 12.3 Å². The van der Waals surface area contributed by atoms with Crippen LogP contribution >= 0.6 is 0 Å². The van der Waals surface area contributed by atoms with Gasteiger partial charge in [0.15, 0.2) is 11.4 Å². The zero-order valence-corrected chi connectivity index (χ0v) is 21.1. The molecule has 0 saturated heterocycles. The van der Waals surface area contributed by atoms with E-state index in [4.69, 9.17) is 5.73 Å². The number of phenolic OH excluding ortho intramolecular Hbond substituents is 1. The number of phenols is 1. The van der Waals surface area contributed by atoms with E-state index in [0.29, 0.717) is 17.5 Å². The van der Waals surface area contributed by atoms with Crippen LogP contribution in [0.5, 0.6) is 5.75 Å². The number of ketones is 2. The standard InChI is InChI=1S/C26H30N2O10/c1-10-11-5-6-12(25(2,3)7-4-8-28(37)38)19(30)16(11)21(32)18-15(10)20(31)13-9-14(29)17(24(27)35)22(33)26(13,36)23(18)34/h5-6,10,13,15,20,30-33,36H,4,7-9H2,1-3H3,(H2,27,35). The number of carbonyl (C=O) groups is 3. The lowest BCUT2D eigenvalue weighted by Crippen LogP contribution is -2.63. The van der Waals surface area contributed by atoms with E-state index >= 15 is 0 Å². The van der Waals surface area contributed by atoms with Crippen molar-refractivity contribution >= 4 is 23.2 Å². The Morgan fingerprint density at radius 3 is 2.45 bits per heavy atom. The number of hydrogen-bond acceptors (Lipinski definition) is 10. The Bertz CT molecular complexity index is 1340. The van der Waals surface area contributed by atoms with E-state index in [0.717, 1.165) is 0 Å². The predicted octanol–water partition coefficient (Wildman–Crippen LogP) is 1.29. The van der Waals surface area contributed by atoms with Gasteiger partial charge in [-0.3, -0.25) is 24.5 Å². The number of nitrogens with zero attached hydrogens (tertiary/aromatic N) is 1. The second-order valence-corrected chi connectivity index (χ2v) is 11.0. The fourth-order valence-corrected chi connectivity index (χ4v) is 6.33. The maximum Gasteiger partial charge on any atom is 0.255 e. The van der Waals surface area contributed by atoms with Crippen molar-refractivity contribution in [2.24, 2.45) is 17.6 Å². The number of rotatable bonds is 6. The number of carbonyl (C=O) groups excluding carboxylic acids is 3. The van der Waals surface area contributed by atoms with Gasteiger partial charge >= 0.3 is 0 Å². The molecule has 1 fully saturated rings. The number of Topliss-reactive ketones (excluding diaryl/α,β-unsaturated/α-hetero) is 2. The van der Waals surface area contributed by atoms with Crippen LogP contribution in [0.1, 0.15) is 62.6 Å². The van der Waals surface area contributed by atoms with E-state index in [-0.39, 0.29) is 24.3 Å². The summed E-state index contributed by atoms with van der Waals surface area (Å²) in [5.41, 5.74) is 0.775. The number of fused-ring (bicyclic) bond motifs is 3. The van der Waals surface area contributed by atoms with Crippen molar-refractivity contribution in [3.05, 3.63) is 55.8 Å². The van der Waals surface area contributed by atoms with Crippen LogP contribution in [0.3, 0.4) is 0 Å². The molecule has 12 heteroatoms. The predicted molar refractivity (Wildman–Crippen MR) is 132 cm³/mol. The third-order valence-corrected chi connectivity index (χ3v) is 8.37. The van der Waals surface area contributed by atoms with Crippen LogP contribution < -0.4 is 5.73 Å². The molecule has 3 aliphatic carbocycles. The van der Waals surface area contributed by atoms with E-state index < -0.39 is 86.4 Å². The molecule has 204 valence electrons. The van der Waals surface area contributed by atoms with Crippen LogP contribution in [0, 0.1) is 22.0 Å². The molecule has 1 saturated carbocycles. The molecule has 0 heterocycles. The molecule has 0 bridgehead atoms. The Morgan fingerprint density at radius 2 is 1.87 bits per heavy atom. The smallest absolute Gasteiger partial charge is 0.255 e. The highest BCUT2D eigenvalue weighted by Crippen LogP contribution is 2.56. The minimum atomic E-state index is -2.90. The third kappa shape index (κ3) is 3.70. The van der Waals surface area contributed by atoms with E-state index in [1.807, 2.05) is 0 Å². The maximum atomic E-state index is 13.7. The fourth-order valence-electron chi connectivity index (χ4n) is 6.33. The molecule has 0 radical (unpaired) electrons. The van der Waals surface area contributed by atoms with Crippen LogP contribution in [0.2, 0.25) is 0 Å². The van der Waals surface area contributed by atoms with Gasteiger partial charge < -0.3 is 31.3 Å². The number of hydrogen-bond donors (Lipinski definition) is 6. The average Bonchev–Trinajstić information content (AvgIpc) is 2.81. The first-order chi connectivity index (χ1) is 17.6. The molecule has 0 aromatic heterocycles. The number of aliphatic hydroxyl groups is 4. The van der Waals surface area contributed by atoms with Gasteiger partial charge in [0.25, 0.3) is 5.91 Å². The Hall–Kier alpha value is -3.77. The molecule has 5 atom stereocenters. The molecule has 1 aromatic rings. The van der Waals surface area contributed by atoms with Crippen molar-refractivity contribution in [2.75, 3.05) is 6.54 Å². The molecular weight excluding hydrogens is 500 g/mol. The van der Waals surface area contributed by atoms with Crippen molar-refractivity contribution in [3.8, 4) is 5.75 Å². The van der Waals surface area contributed by atoms with Gasteiger partial charge in [0.05, 0.1) is 11.7 Å². The van der Waals surface area contributed by atoms with Crippen molar-refractivity contribution in [1.29, 1.82) is 0 Å². The summed E-state index contributed by atoms with van der Waals surface area (Å²) in [6, 6.07) is 3.25. The van der Waals surface area contributed by atoms with Gasteiger partial charge in [-0.25, -0.2) is 0 Å². The third-order valence-electron chi connectivity index (χ3n) is 8.37. The monoisotopic (exact) mass is 530 g/mol. The van der Waals surface area contributed by atoms with Crippen LogP contribution in [0.4, 0.5) is 0 Å². The first-order valence-electron chi connectivity index (χ1n) is 12.2. The van der Waals surface area contributed by atoms with Crippen LogP contribution in [0.15, 0.2) is 29.0 Å². The molecule has 5 unspecified atom stereocenters. The normalized spacial score (nSPS) is 29.1. The number of benzene rings is 1. The van der Waals surface area contributed by atoms with Gasteiger partial charge in [-0.05, 0) is 23.3 Å². The fraction of sp³-hybridized carbons (Fsp3) is 0.500.